The first-order valence-corrected chi connectivity index (χ1v) is 6.72. The second kappa shape index (κ2) is 6.76. The molecule has 0 atom stereocenters. The van der Waals surface area contributed by atoms with E-state index in [1.807, 2.05) is 5.43 Å². The van der Waals surface area contributed by atoms with Gasteiger partial charge in [-0.2, -0.15) is 18.4 Å². The van der Waals surface area contributed by atoms with Gasteiger partial charge in [0, 0.05) is 10.6 Å². The number of nitrogens with zero attached hydrogens (tertiary/aromatic N) is 1. The summed E-state index contributed by atoms with van der Waals surface area (Å²) in [7, 11) is 0. The van der Waals surface area contributed by atoms with Crippen molar-refractivity contribution in [2.45, 2.75) is 6.18 Å². The molecule has 0 aliphatic carbocycles. The molecule has 0 radical (unpaired) electrons. The van der Waals surface area contributed by atoms with E-state index >= 15 is 0 Å². The van der Waals surface area contributed by atoms with Crippen molar-refractivity contribution in [3.8, 4) is 6.07 Å². The molecule has 24 heavy (non-hydrogen) atoms. The van der Waals surface area contributed by atoms with E-state index in [1.54, 1.807) is 6.07 Å². The van der Waals surface area contributed by atoms with E-state index in [2.05, 4.69) is 5.43 Å². The lowest BCUT2D eigenvalue weighted by Crippen LogP contribution is -2.30. The second-order valence-electron chi connectivity index (χ2n) is 4.61. The summed E-state index contributed by atoms with van der Waals surface area (Å²) in [4.78, 5) is 11.9. The Balaban J connectivity index is 2.23. The number of amides is 1. The van der Waals surface area contributed by atoms with E-state index < -0.39 is 29.2 Å². The molecule has 0 aliphatic rings. The molecule has 1 amide bonds. The van der Waals surface area contributed by atoms with Crippen LogP contribution in [-0.2, 0) is 6.18 Å². The first kappa shape index (κ1) is 17.6. The van der Waals surface area contributed by atoms with Crippen LogP contribution in [0.2, 0.25) is 5.02 Å². The van der Waals surface area contributed by atoms with Gasteiger partial charge in [-0.25, -0.2) is 4.39 Å². The Bertz CT molecular complexity index is 810. The number of hydrogen-bond donors (Lipinski definition) is 2. The third-order valence-electron chi connectivity index (χ3n) is 2.89. The fourth-order valence-corrected chi connectivity index (χ4v) is 2.06. The molecule has 0 saturated heterocycles. The number of hydrazine groups is 1. The van der Waals surface area contributed by atoms with E-state index in [0.717, 1.165) is 30.3 Å². The zero-order valence-electron chi connectivity index (χ0n) is 11.7. The van der Waals surface area contributed by atoms with Gasteiger partial charge in [0.2, 0.25) is 0 Å². The van der Waals surface area contributed by atoms with E-state index in [9.17, 15) is 22.4 Å². The second-order valence-corrected chi connectivity index (χ2v) is 5.04. The van der Waals surface area contributed by atoms with E-state index in [4.69, 9.17) is 16.9 Å². The smallest absolute Gasteiger partial charge is 0.298 e. The number of halogens is 5. The molecule has 0 bridgehead atoms. The van der Waals surface area contributed by atoms with Crippen LogP contribution in [-0.4, -0.2) is 5.91 Å². The summed E-state index contributed by atoms with van der Waals surface area (Å²) in [5.41, 5.74) is 2.19. The number of hydrogen-bond acceptors (Lipinski definition) is 3. The lowest BCUT2D eigenvalue weighted by molar-refractivity contribution is -0.137. The van der Waals surface area contributed by atoms with Gasteiger partial charge >= 0.3 is 6.18 Å². The molecule has 0 aromatic heterocycles. The maximum absolute atomic E-state index is 13.2. The van der Waals surface area contributed by atoms with Gasteiger partial charge in [0.1, 0.15) is 5.82 Å². The first-order chi connectivity index (χ1) is 11.2. The van der Waals surface area contributed by atoms with Crippen LogP contribution in [0.15, 0.2) is 36.4 Å². The van der Waals surface area contributed by atoms with Crippen molar-refractivity contribution in [3.05, 3.63) is 63.9 Å². The number of carbonyl (C=O) groups is 1. The molecule has 0 fully saturated rings. The highest BCUT2D eigenvalue weighted by Gasteiger charge is 2.34. The van der Waals surface area contributed by atoms with Crippen LogP contribution in [0.5, 0.6) is 0 Å². The Morgan fingerprint density at radius 1 is 1.17 bits per heavy atom. The van der Waals surface area contributed by atoms with Gasteiger partial charge in [-0.1, -0.05) is 11.6 Å². The first-order valence-electron chi connectivity index (χ1n) is 6.34. The zero-order chi connectivity index (χ0) is 17.9. The monoisotopic (exact) mass is 357 g/mol. The van der Waals surface area contributed by atoms with Crippen LogP contribution in [0.25, 0.3) is 0 Å². The van der Waals surface area contributed by atoms with Gasteiger partial charge in [-0.15, -0.1) is 0 Å². The Morgan fingerprint density at radius 2 is 1.88 bits per heavy atom. The van der Waals surface area contributed by atoms with Crippen molar-refractivity contribution in [1.82, 2.24) is 5.43 Å². The Kier molecular flexibility index (Phi) is 4.95. The normalized spacial score (nSPS) is 10.8. The standard InChI is InChI=1S/C15H8ClF4N3O/c16-10-4-9(5-11(17)6-10)14(24)23-22-13-2-1-8(7-21)3-12(13)15(18,19)20/h1-6,22H,(H,23,24). The fraction of sp³-hybridized carbons (Fsp3) is 0.0667. The minimum Gasteiger partial charge on any atom is -0.298 e. The average molecular weight is 358 g/mol. The Labute approximate surface area is 138 Å². The number of carbonyl (C=O) groups excluding carboxylic acids is 1. The molecule has 2 aromatic rings. The molecule has 0 aliphatic heterocycles. The molecule has 0 heterocycles. The Hall–Kier alpha value is -2.79. The highest BCUT2D eigenvalue weighted by molar-refractivity contribution is 6.31. The summed E-state index contributed by atoms with van der Waals surface area (Å²) >= 11 is 5.61. The minimum absolute atomic E-state index is 0.0329. The summed E-state index contributed by atoms with van der Waals surface area (Å²) in [5.74, 6) is -1.64. The summed E-state index contributed by atoms with van der Waals surface area (Å²) in [5, 5.41) is 8.65. The fourth-order valence-electron chi connectivity index (χ4n) is 1.84. The number of rotatable bonds is 3. The van der Waals surface area contributed by atoms with Crippen LogP contribution in [0.4, 0.5) is 23.2 Å². The number of anilines is 1. The van der Waals surface area contributed by atoms with Crippen LogP contribution < -0.4 is 10.9 Å². The van der Waals surface area contributed by atoms with Gasteiger partial charge in [0.15, 0.2) is 0 Å². The lowest BCUT2D eigenvalue weighted by atomic mass is 10.1. The quantitative estimate of drug-likeness (QED) is 0.641. The predicted octanol–water partition coefficient (Wildman–Crippen LogP) is 4.13. The van der Waals surface area contributed by atoms with Crippen LogP contribution in [0.3, 0.4) is 0 Å². The number of alkyl halides is 3. The third kappa shape index (κ3) is 4.14. The van der Waals surface area contributed by atoms with Crippen molar-refractivity contribution in [1.29, 1.82) is 5.26 Å². The van der Waals surface area contributed by atoms with Gasteiger partial charge in [0.05, 0.1) is 22.9 Å². The molecular weight excluding hydrogens is 350 g/mol. The lowest BCUT2D eigenvalue weighted by Gasteiger charge is -2.15. The molecule has 2 aromatic carbocycles. The summed E-state index contributed by atoms with van der Waals surface area (Å²) < 4.78 is 52.2. The van der Waals surface area contributed by atoms with Crippen LogP contribution >= 0.6 is 11.6 Å². The molecule has 124 valence electrons. The maximum atomic E-state index is 13.2. The van der Waals surface area contributed by atoms with Crippen molar-refractivity contribution in [3.63, 3.8) is 0 Å². The van der Waals surface area contributed by atoms with E-state index in [0.29, 0.717) is 6.07 Å². The molecule has 0 saturated carbocycles. The molecule has 0 spiro atoms. The topological polar surface area (TPSA) is 64.9 Å². The highest BCUT2D eigenvalue weighted by Crippen LogP contribution is 2.35. The largest absolute Gasteiger partial charge is 0.418 e. The number of nitrogens with one attached hydrogen (secondary N) is 2. The molecule has 9 heteroatoms. The summed E-state index contributed by atoms with van der Waals surface area (Å²) in [6.45, 7) is 0. The van der Waals surface area contributed by atoms with E-state index in [1.165, 1.54) is 0 Å². The number of benzene rings is 2. The van der Waals surface area contributed by atoms with Crippen molar-refractivity contribution < 1.29 is 22.4 Å². The summed E-state index contributed by atoms with van der Waals surface area (Å²) in [6, 6.07) is 7.42. The van der Waals surface area contributed by atoms with Crippen molar-refractivity contribution in [2.75, 3.05) is 5.43 Å². The molecule has 2 N–H and O–H groups in total. The van der Waals surface area contributed by atoms with Gasteiger partial charge in [-0.3, -0.25) is 15.6 Å². The SMILES string of the molecule is N#Cc1ccc(NNC(=O)c2cc(F)cc(Cl)c2)c(C(F)(F)F)c1. The predicted molar refractivity (Wildman–Crippen MR) is 78.7 cm³/mol. The summed E-state index contributed by atoms with van der Waals surface area (Å²) in [6.07, 6.45) is -4.73. The zero-order valence-corrected chi connectivity index (χ0v) is 12.5. The molecule has 0 unspecified atom stereocenters. The van der Waals surface area contributed by atoms with Gasteiger partial charge in [-0.05, 0) is 36.4 Å². The van der Waals surface area contributed by atoms with Crippen molar-refractivity contribution >= 4 is 23.2 Å². The van der Waals surface area contributed by atoms with E-state index in [-0.39, 0.29) is 16.1 Å². The third-order valence-corrected chi connectivity index (χ3v) is 3.11. The average Bonchev–Trinajstić information content (AvgIpc) is 2.50. The Morgan fingerprint density at radius 3 is 2.46 bits per heavy atom. The highest BCUT2D eigenvalue weighted by atomic mass is 35.5. The molecule has 4 nitrogen and oxygen atoms in total. The minimum atomic E-state index is -4.73. The van der Waals surface area contributed by atoms with Crippen molar-refractivity contribution in [2.24, 2.45) is 0 Å². The molecular formula is C15H8ClF4N3O. The maximum Gasteiger partial charge on any atom is 0.418 e. The van der Waals surface area contributed by atoms with Gasteiger partial charge in [0.25, 0.3) is 5.91 Å². The van der Waals surface area contributed by atoms with Crippen LogP contribution in [0.1, 0.15) is 21.5 Å². The van der Waals surface area contributed by atoms with Gasteiger partial charge < -0.3 is 0 Å². The number of nitriles is 1. The van der Waals surface area contributed by atoms with Crippen LogP contribution in [0, 0.1) is 17.1 Å². The molecule has 2 rings (SSSR count).